The van der Waals surface area contributed by atoms with E-state index in [-0.39, 0.29) is 0 Å². The maximum Gasteiger partial charge on any atom is 0.100 e. The molecule has 0 amide bonds. The second-order valence-corrected chi connectivity index (χ2v) is 5.44. The van der Waals surface area contributed by atoms with Gasteiger partial charge in [0.2, 0.25) is 0 Å². The summed E-state index contributed by atoms with van der Waals surface area (Å²) >= 11 is 1.77. The molecular formula is C14H22N2S. The maximum absolute atomic E-state index is 4.50. The fraction of sp³-hybridized carbons (Fsp3) is 0.643. The van der Waals surface area contributed by atoms with Crippen LogP contribution in [0.2, 0.25) is 0 Å². The highest BCUT2D eigenvalue weighted by molar-refractivity contribution is 7.98. The third-order valence-electron chi connectivity index (χ3n) is 3.48. The zero-order valence-corrected chi connectivity index (χ0v) is 11.7. The van der Waals surface area contributed by atoms with Crippen LogP contribution in [0.1, 0.15) is 44.2 Å². The lowest BCUT2D eigenvalue weighted by Gasteiger charge is -2.36. The third kappa shape index (κ3) is 3.02. The molecule has 0 aromatic carbocycles. The summed E-state index contributed by atoms with van der Waals surface area (Å²) in [5.74, 6) is 0. The molecule has 0 N–H and O–H groups in total. The van der Waals surface area contributed by atoms with E-state index in [9.17, 15) is 0 Å². The van der Waals surface area contributed by atoms with Crippen LogP contribution < -0.4 is 0 Å². The lowest BCUT2D eigenvalue weighted by atomic mass is 9.96. The Balaban J connectivity index is 2.22. The van der Waals surface area contributed by atoms with Crippen molar-refractivity contribution in [2.24, 2.45) is 0 Å². The second kappa shape index (κ2) is 6.41. The normalized spacial score (nSPS) is 21.6. The van der Waals surface area contributed by atoms with Crippen molar-refractivity contribution >= 4 is 11.8 Å². The molecule has 2 heterocycles. The Labute approximate surface area is 109 Å². The van der Waals surface area contributed by atoms with Gasteiger partial charge in [-0.2, -0.15) is 0 Å². The highest BCUT2D eigenvalue weighted by Gasteiger charge is 2.25. The first-order valence-corrected chi connectivity index (χ1v) is 7.82. The number of likely N-dealkylation sites (tertiary alicyclic amines) is 1. The van der Waals surface area contributed by atoms with Gasteiger partial charge in [-0.1, -0.05) is 19.4 Å². The van der Waals surface area contributed by atoms with Gasteiger partial charge in [0.1, 0.15) is 5.03 Å². The Morgan fingerprint density at radius 1 is 1.47 bits per heavy atom. The Kier molecular flexibility index (Phi) is 4.86. The monoisotopic (exact) mass is 250 g/mol. The molecule has 2 nitrogen and oxygen atoms in total. The van der Waals surface area contributed by atoms with Crippen LogP contribution in [0.5, 0.6) is 0 Å². The average molecular weight is 250 g/mol. The van der Waals surface area contributed by atoms with E-state index >= 15 is 0 Å². The fourth-order valence-electron chi connectivity index (χ4n) is 2.73. The number of aromatic nitrogens is 1. The van der Waals surface area contributed by atoms with Gasteiger partial charge in [0.05, 0.1) is 0 Å². The van der Waals surface area contributed by atoms with E-state index in [1.807, 2.05) is 6.20 Å². The number of hydrogen-bond acceptors (Lipinski definition) is 3. The van der Waals surface area contributed by atoms with Crippen LogP contribution in [-0.2, 0) is 0 Å². The van der Waals surface area contributed by atoms with Crippen LogP contribution >= 0.6 is 11.8 Å². The number of piperidine rings is 1. The molecule has 0 spiro atoms. The molecule has 0 unspecified atom stereocenters. The molecule has 1 saturated heterocycles. The average Bonchev–Trinajstić information content (AvgIpc) is 2.40. The van der Waals surface area contributed by atoms with Crippen LogP contribution in [0.3, 0.4) is 0 Å². The lowest BCUT2D eigenvalue weighted by Crippen LogP contribution is -2.34. The maximum atomic E-state index is 4.50. The molecule has 1 aliphatic rings. The van der Waals surface area contributed by atoms with Gasteiger partial charge >= 0.3 is 0 Å². The molecule has 1 atom stereocenters. The van der Waals surface area contributed by atoms with Crippen LogP contribution in [0.25, 0.3) is 0 Å². The van der Waals surface area contributed by atoms with E-state index in [1.54, 1.807) is 11.8 Å². The molecule has 1 fully saturated rings. The van der Waals surface area contributed by atoms with Gasteiger partial charge in [-0.3, -0.25) is 4.90 Å². The van der Waals surface area contributed by atoms with E-state index in [4.69, 9.17) is 0 Å². The zero-order valence-electron chi connectivity index (χ0n) is 10.9. The summed E-state index contributed by atoms with van der Waals surface area (Å²) in [4.78, 5) is 7.14. The molecule has 0 radical (unpaired) electrons. The van der Waals surface area contributed by atoms with Gasteiger partial charge in [-0.05, 0) is 44.7 Å². The summed E-state index contributed by atoms with van der Waals surface area (Å²) < 4.78 is 0. The van der Waals surface area contributed by atoms with Gasteiger partial charge in [0.25, 0.3) is 0 Å². The van der Waals surface area contributed by atoms with Gasteiger partial charge in [-0.25, -0.2) is 4.98 Å². The largest absolute Gasteiger partial charge is 0.296 e. The molecule has 0 aliphatic carbocycles. The SMILES string of the molecule is CCCN1CCCC[C@@H]1c1cccnc1SC. The summed E-state index contributed by atoms with van der Waals surface area (Å²) in [6.45, 7) is 4.74. The van der Waals surface area contributed by atoms with E-state index in [1.165, 1.54) is 49.4 Å². The topological polar surface area (TPSA) is 16.1 Å². The number of pyridine rings is 1. The Morgan fingerprint density at radius 3 is 3.12 bits per heavy atom. The molecule has 17 heavy (non-hydrogen) atoms. The van der Waals surface area contributed by atoms with Crippen LogP contribution in [0.15, 0.2) is 23.4 Å². The Hall–Kier alpha value is -0.540. The molecule has 2 rings (SSSR count). The number of rotatable bonds is 4. The van der Waals surface area contributed by atoms with Crippen molar-refractivity contribution in [2.75, 3.05) is 19.3 Å². The van der Waals surface area contributed by atoms with E-state index in [2.05, 4.69) is 35.2 Å². The summed E-state index contributed by atoms with van der Waals surface area (Å²) in [6.07, 6.45) is 9.27. The van der Waals surface area contributed by atoms with Gasteiger partial charge in [-0.15, -0.1) is 11.8 Å². The smallest absolute Gasteiger partial charge is 0.100 e. The fourth-order valence-corrected chi connectivity index (χ4v) is 3.33. The van der Waals surface area contributed by atoms with Crippen LogP contribution in [0.4, 0.5) is 0 Å². The third-order valence-corrected chi connectivity index (χ3v) is 4.21. The molecule has 3 heteroatoms. The van der Waals surface area contributed by atoms with Crippen LogP contribution in [-0.4, -0.2) is 29.2 Å². The van der Waals surface area contributed by atoms with Crippen molar-refractivity contribution in [3.8, 4) is 0 Å². The lowest BCUT2D eigenvalue weighted by molar-refractivity contribution is 0.146. The molecule has 1 aromatic rings. The summed E-state index contributed by atoms with van der Waals surface area (Å²) in [5, 5.41) is 1.21. The first kappa shape index (κ1) is 12.9. The minimum atomic E-state index is 0.597. The number of thioether (sulfide) groups is 1. The molecule has 94 valence electrons. The quantitative estimate of drug-likeness (QED) is 0.757. The molecule has 0 saturated carbocycles. The van der Waals surface area contributed by atoms with E-state index < -0.39 is 0 Å². The van der Waals surface area contributed by atoms with E-state index in [0.29, 0.717) is 6.04 Å². The zero-order chi connectivity index (χ0) is 12.1. The molecule has 1 aromatic heterocycles. The highest BCUT2D eigenvalue weighted by atomic mass is 32.2. The highest BCUT2D eigenvalue weighted by Crippen LogP contribution is 2.34. The first-order valence-electron chi connectivity index (χ1n) is 6.59. The van der Waals surface area contributed by atoms with E-state index in [0.717, 1.165) is 0 Å². The van der Waals surface area contributed by atoms with Crippen molar-refractivity contribution in [1.29, 1.82) is 0 Å². The predicted molar refractivity (Wildman–Crippen MR) is 74.5 cm³/mol. The van der Waals surface area contributed by atoms with Crippen molar-refractivity contribution in [1.82, 2.24) is 9.88 Å². The minimum absolute atomic E-state index is 0.597. The van der Waals surface area contributed by atoms with Crippen molar-refractivity contribution in [2.45, 2.75) is 43.7 Å². The summed E-state index contributed by atoms with van der Waals surface area (Å²) in [7, 11) is 0. The Morgan fingerprint density at radius 2 is 2.35 bits per heavy atom. The Bertz CT molecular complexity index is 352. The van der Waals surface area contributed by atoms with Crippen molar-refractivity contribution in [3.63, 3.8) is 0 Å². The van der Waals surface area contributed by atoms with Crippen molar-refractivity contribution in [3.05, 3.63) is 23.9 Å². The minimum Gasteiger partial charge on any atom is -0.296 e. The number of hydrogen-bond donors (Lipinski definition) is 0. The molecule has 1 aliphatic heterocycles. The predicted octanol–water partition coefficient (Wildman–Crippen LogP) is 3.74. The number of nitrogens with zero attached hydrogens (tertiary/aromatic N) is 2. The summed E-state index contributed by atoms with van der Waals surface area (Å²) in [5.41, 5.74) is 1.44. The van der Waals surface area contributed by atoms with Gasteiger partial charge in [0, 0.05) is 17.8 Å². The van der Waals surface area contributed by atoms with Crippen molar-refractivity contribution < 1.29 is 0 Å². The van der Waals surface area contributed by atoms with Crippen LogP contribution in [0, 0.1) is 0 Å². The summed E-state index contributed by atoms with van der Waals surface area (Å²) in [6, 6.07) is 4.94. The standard InChI is InChI=1S/C14H22N2S/c1-3-10-16-11-5-4-8-13(16)12-7-6-9-15-14(12)17-2/h6-7,9,13H,3-5,8,10-11H2,1-2H3/t13-/m1/s1. The molecule has 0 bridgehead atoms. The van der Waals surface area contributed by atoms with Gasteiger partial charge in [0.15, 0.2) is 0 Å². The molecular weight excluding hydrogens is 228 g/mol. The van der Waals surface area contributed by atoms with Gasteiger partial charge < -0.3 is 0 Å². The first-order chi connectivity index (χ1) is 8.36. The second-order valence-electron chi connectivity index (χ2n) is 4.65.